The number of fused-ring (bicyclic) bond motifs is 2. The fourth-order valence-corrected chi connectivity index (χ4v) is 3.76. The Labute approximate surface area is 163 Å². The van der Waals surface area contributed by atoms with Crippen LogP contribution in [0.5, 0.6) is 11.5 Å². The average molecular weight is 379 g/mol. The number of hydrogen-bond donors (Lipinski definition) is 0. The molecule has 144 valence electrons. The van der Waals surface area contributed by atoms with Crippen molar-refractivity contribution >= 4 is 11.8 Å². The number of benzene rings is 2. The maximum absolute atomic E-state index is 12.9. The lowest BCUT2D eigenvalue weighted by Crippen LogP contribution is -2.36. The lowest BCUT2D eigenvalue weighted by atomic mass is 9.95. The monoisotopic (exact) mass is 379 g/mol. The molecule has 2 heterocycles. The van der Waals surface area contributed by atoms with Crippen LogP contribution in [0.15, 0.2) is 46.6 Å². The van der Waals surface area contributed by atoms with Gasteiger partial charge in [0.15, 0.2) is 11.5 Å². The summed E-state index contributed by atoms with van der Waals surface area (Å²) < 4.78 is 10.7. The van der Waals surface area contributed by atoms with Crippen LogP contribution >= 0.6 is 0 Å². The summed E-state index contributed by atoms with van der Waals surface area (Å²) in [6.45, 7) is 1.14. The molecular formula is C21H21N3O4. The zero-order chi connectivity index (χ0) is 19.7. The molecule has 4 rings (SSSR count). The third kappa shape index (κ3) is 3.24. The lowest BCUT2D eigenvalue weighted by Gasteiger charge is -2.30. The Morgan fingerprint density at radius 1 is 1.14 bits per heavy atom. The molecule has 28 heavy (non-hydrogen) atoms. The molecule has 0 radical (unpaired) electrons. The summed E-state index contributed by atoms with van der Waals surface area (Å²) in [5, 5.41) is 7.79. The van der Waals surface area contributed by atoms with Crippen LogP contribution in [0.25, 0.3) is 0 Å². The first-order valence-electron chi connectivity index (χ1n) is 9.16. The van der Waals surface area contributed by atoms with Crippen LogP contribution in [0, 0.1) is 0 Å². The number of methoxy groups -OCH3 is 2. The van der Waals surface area contributed by atoms with Gasteiger partial charge in [-0.1, -0.05) is 18.2 Å². The highest BCUT2D eigenvalue weighted by molar-refractivity contribution is 5.97. The van der Waals surface area contributed by atoms with Crippen LogP contribution in [0.4, 0.5) is 0 Å². The molecule has 0 N–H and O–H groups in total. The minimum atomic E-state index is -0.423. The molecule has 0 aromatic heterocycles. The number of carbonyl (C=O) groups is 2. The van der Waals surface area contributed by atoms with Gasteiger partial charge in [0, 0.05) is 18.7 Å². The molecule has 0 fully saturated rings. The van der Waals surface area contributed by atoms with E-state index in [0.717, 1.165) is 23.1 Å². The quantitative estimate of drug-likeness (QED) is 0.816. The van der Waals surface area contributed by atoms with Gasteiger partial charge in [-0.3, -0.25) is 9.59 Å². The summed E-state index contributed by atoms with van der Waals surface area (Å²) in [6, 6.07) is 10.7. The van der Waals surface area contributed by atoms with Crippen molar-refractivity contribution in [2.24, 2.45) is 10.2 Å². The van der Waals surface area contributed by atoms with Gasteiger partial charge < -0.3 is 14.4 Å². The minimum absolute atomic E-state index is 0.00598. The molecule has 2 aliphatic heterocycles. The van der Waals surface area contributed by atoms with Crippen LogP contribution in [0.2, 0.25) is 0 Å². The van der Waals surface area contributed by atoms with Gasteiger partial charge in [-0.2, -0.15) is 5.11 Å². The van der Waals surface area contributed by atoms with E-state index in [1.807, 2.05) is 29.2 Å². The Balaban J connectivity index is 1.51. The van der Waals surface area contributed by atoms with E-state index in [0.29, 0.717) is 30.2 Å². The zero-order valence-corrected chi connectivity index (χ0v) is 15.8. The third-order valence-electron chi connectivity index (χ3n) is 5.28. The molecule has 0 saturated carbocycles. The number of amides is 2. The topological polar surface area (TPSA) is 80.6 Å². The molecule has 1 unspecified atom stereocenters. The molecule has 7 heteroatoms. The summed E-state index contributed by atoms with van der Waals surface area (Å²) in [4.78, 5) is 26.6. The number of azo groups is 1. The number of rotatable bonds is 4. The lowest BCUT2D eigenvalue weighted by molar-refractivity contribution is -0.132. The zero-order valence-electron chi connectivity index (χ0n) is 15.8. The Morgan fingerprint density at radius 3 is 2.61 bits per heavy atom. The second-order valence-electron chi connectivity index (χ2n) is 6.87. The molecule has 2 amide bonds. The van der Waals surface area contributed by atoms with Crippen molar-refractivity contribution in [3.05, 3.63) is 58.7 Å². The predicted molar refractivity (Wildman–Crippen MR) is 102 cm³/mol. The summed E-state index contributed by atoms with van der Waals surface area (Å²) >= 11 is 0. The Morgan fingerprint density at radius 2 is 1.86 bits per heavy atom. The van der Waals surface area contributed by atoms with E-state index in [-0.39, 0.29) is 18.2 Å². The van der Waals surface area contributed by atoms with Gasteiger partial charge in [-0.15, -0.1) is 5.11 Å². The van der Waals surface area contributed by atoms with Crippen molar-refractivity contribution < 1.29 is 19.1 Å². The smallest absolute Gasteiger partial charge is 0.295 e. The Hall–Kier alpha value is -3.22. The maximum atomic E-state index is 12.9. The average Bonchev–Trinajstić information content (AvgIpc) is 2.74. The molecule has 0 spiro atoms. The number of carbonyl (C=O) groups excluding carboxylic acids is 2. The molecule has 0 bridgehead atoms. The highest BCUT2D eigenvalue weighted by Gasteiger charge is 2.29. The first kappa shape index (κ1) is 18.2. The molecule has 7 nitrogen and oxygen atoms in total. The largest absolute Gasteiger partial charge is 0.493 e. The van der Waals surface area contributed by atoms with E-state index in [4.69, 9.17) is 9.47 Å². The van der Waals surface area contributed by atoms with Crippen molar-refractivity contribution in [3.63, 3.8) is 0 Å². The highest BCUT2D eigenvalue weighted by atomic mass is 16.5. The van der Waals surface area contributed by atoms with E-state index < -0.39 is 6.04 Å². The first-order valence-corrected chi connectivity index (χ1v) is 9.16. The van der Waals surface area contributed by atoms with Crippen molar-refractivity contribution in [1.82, 2.24) is 4.90 Å². The standard InChI is InChI=1S/C21H21N3O4/c1-27-18-9-13-7-8-24(12-14(13)10-19(18)28-2)20(25)11-17-15-5-3-4-6-16(15)21(26)23-22-17/h3-6,9-10,17H,7-8,11-12H2,1-2H3. The maximum Gasteiger partial charge on any atom is 0.295 e. The summed E-state index contributed by atoms with van der Waals surface area (Å²) in [5.74, 6) is 0.995. The van der Waals surface area contributed by atoms with Gasteiger partial charge in [-0.25, -0.2) is 0 Å². The predicted octanol–water partition coefficient (Wildman–Crippen LogP) is 3.33. The second kappa shape index (κ2) is 7.42. The van der Waals surface area contributed by atoms with Crippen molar-refractivity contribution in [3.8, 4) is 11.5 Å². The molecular weight excluding hydrogens is 358 g/mol. The number of ether oxygens (including phenoxy) is 2. The van der Waals surface area contributed by atoms with Gasteiger partial charge in [0.25, 0.3) is 5.91 Å². The van der Waals surface area contributed by atoms with E-state index in [2.05, 4.69) is 10.2 Å². The van der Waals surface area contributed by atoms with Crippen molar-refractivity contribution in [2.45, 2.75) is 25.4 Å². The van der Waals surface area contributed by atoms with Crippen molar-refractivity contribution in [2.75, 3.05) is 20.8 Å². The van der Waals surface area contributed by atoms with Crippen molar-refractivity contribution in [1.29, 1.82) is 0 Å². The second-order valence-corrected chi connectivity index (χ2v) is 6.87. The SMILES string of the molecule is COc1cc2c(cc1OC)CN(C(=O)CC1N=NC(=O)c3ccccc31)CC2. The van der Waals surface area contributed by atoms with Gasteiger partial charge >= 0.3 is 0 Å². The first-order chi connectivity index (χ1) is 13.6. The van der Waals surface area contributed by atoms with Crippen LogP contribution in [-0.4, -0.2) is 37.5 Å². The summed E-state index contributed by atoms with van der Waals surface area (Å²) in [5.41, 5.74) is 3.50. The normalized spacial score (nSPS) is 17.7. The number of hydrogen-bond acceptors (Lipinski definition) is 5. The fraction of sp³-hybridized carbons (Fsp3) is 0.333. The molecule has 1 atom stereocenters. The molecule has 2 aliphatic rings. The minimum Gasteiger partial charge on any atom is -0.493 e. The Bertz CT molecular complexity index is 970. The van der Waals surface area contributed by atoms with Gasteiger partial charge in [0.05, 0.1) is 20.6 Å². The Kier molecular flexibility index (Phi) is 4.81. The van der Waals surface area contributed by atoms with Gasteiger partial charge in [-0.05, 0) is 41.3 Å². The van der Waals surface area contributed by atoms with Crippen LogP contribution in [0.3, 0.4) is 0 Å². The summed E-state index contributed by atoms with van der Waals surface area (Å²) in [7, 11) is 3.22. The summed E-state index contributed by atoms with van der Waals surface area (Å²) in [6.07, 6.45) is 0.944. The van der Waals surface area contributed by atoms with E-state index in [1.54, 1.807) is 26.4 Å². The molecule has 2 aromatic carbocycles. The van der Waals surface area contributed by atoms with E-state index in [1.165, 1.54) is 0 Å². The van der Waals surface area contributed by atoms with Gasteiger partial charge in [0.1, 0.15) is 6.04 Å². The van der Waals surface area contributed by atoms with Crippen LogP contribution in [0.1, 0.15) is 39.5 Å². The highest BCUT2D eigenvalue weighted by Crippen LogP contribution is 2.34. The fourth-order valence-electron chi connectivity index (χ4n) is 3.76. The van der Waals surface area contributed by atoms with E-state index in [9.17, 15) is 9.59 Å². The van der Waals surface area contributed by atoms with Gasteiger partial charge in [0.2, 0.25) is 5.91 Å². The van der Waals surface area contributed by atoms with Crippen LogP contribution in [-0.2, 0) is 17.8 Å². The molecule has 2 aromatic rings. The van der Waals surface area contributed by atoms with E-state index >= 15 is 0 Å². The molecule has 0 saturated heterocycles. The third-order valence-corrected chi connectivity index (χ3v) is 5.28. The number of nitrogens with zero attached hydrogens (tertiary/aromatic N) is 3. The van der Waals surface area contributed by atoms with Crippen LogP contribution < -0.4 is 9.47 Å². The molecule has 0 aliphatic carbocycles.